The number of carbonyl (C=O) groups is 1. The SMILES string of the molecule is Cc1cccc([C@H](C)NC(=O)CCC(C)N)c1. The Balaban J connectivity index is 2.48. The molecule has 3 N–H and O–H groups in total. The zero-order valence-electron chi connectivity index (χ0n) is 10.9. The molecule has 0 bridgehead atoms. The lowest BCUT2D eigenvalue weighted by Crippen LogP contribution is -2.28. The maximum absolute atomic E-state index is 11.6. The monoisotopic (exact) mass is 234 g/mol. The van der Waals surface area contributed by atoms with Crippen LogP contribution in [0.25, 0.3) is 0 Å². The Morgan fingerprint density at radius 2 is 2.12 bits per heavy atom. The number of carbonyl (C=O) groups excluding carboxylic acids is 1. The van der Waals surface area contributed by atoms with Crippen LogP contribution >= 0.6 is 0 Å². The number of rotatable bonds is 5. The molecule has 0 heterocycles. The first-order chi connectivity index (χ1) is 7.99. The maximum atomic E-state index is 11.6. The molecule has 17 heavy (non-hydrogen) atoms. The number of benzene rings is 1. The molecule has 3 nitrogen and oxygen atoms in total. The predicted octanol–water partition coefficient (Wildman–Crippen LogP) is 2.30. The molecule has 1 aromatic carbocycles. The van der Waals surface area contributed by atoms with Gasteiger partial charge in [0, 0.05) is 12.5 Å². The molecule has 0 aliphatic heterocycles. The van der Waals surface area contributed by atoms with Crippen LogP contribution in [-0.2, 0) is 4.79 Å². The van der Waals surface area contributed by atoms with E-state index < -0.39 is 0 Å². The molecule has 1 amide bonds. The van der Waals surface area contributed by atoms with Gasteiger partial charge < -0.3 is 11.1 Å². The van der Waals surface area contributed by atoms with Crippen LogP contribution in [0.5, 0.6) is 0 Å². The Labute approximate surface area is 103 Å². The first kappa shape index (κ1) is 13.7. The van der Waals surface area contributed by atoms with Gasteiger partial charge in [0.25, 0.3) is 0 Å². The zero-order chi connectivity index (χ0) is 12.8. The van der Waals surface area contributed by atoms with Crippen LogP contribution in [0.2, 0.25) is 0 Å². The first-order valence-corrected chi connectivity index (χ1v) is 6.10. The van der Waals surface area contributed by atoms with Crippen molar-refractivity contribution in [2.75, 3.05) is 0 Å². The van der Waals surface area contributed by atoms with Gasteiger partial charge in [-0.05, 0) is 32.8 Å². The van der Waals surface area contributed by atoms with Crippen molar-refractivity contribution in [3.63, 3.8) is 0 Å². The minimum atomic E-state index is 0.0514. The van der Waals surface area contributed by atoms with Crippen molar-refractivity contribution in [2.45, 2.75) is 45.7 Å². The van der Waals surface area contributed by atoms with Crippen molar-refractivity contribution in [1.82, 2.24) is 5.32 Å². The third-order valence-electron chi connectivity index (χ3n) is 2.75. The summed E-state index contributed by atoms with van der Waals surface area (Å²) in [4.78, 5) is 11.6. The van der Waals surface area contributed by atoms with E-state index in [-0.39, 0.29) is 18.0 Å². The highest BCUT2D eigenvalue weighted by molar-refractivity contribution is 5.76. The summed E-state index contributed by atoms with van der Waals surface area (Å²) in [5, 5.41) is 2.98. The lowest BCUT2D eigenvalue weighted by atomic mass is 10.1. The lowest BCUT2D eigenvalue weighted by Gasteiger charge is -2.15. The topological polar surface area (TPSA) is 55.1 Å². The highest BCUT2D eigenvalue weighted by atomic mass is 16.1. The van der Waals surface area contributed by atoms with E-state index in [9.17, 15) is 4.79 Å². The Morgan fingerprint density at radius 1 is 1.41 bits per heavy atom. The fraction of sp³-hybridized carbons (Fsp3) is 0.500. The summed E-state index contributed by atoms with van der Waals surface area (Å²) in [5.41, 5.74) is 7.97. The largest absolute Gasteiger partial charge is 0.350 e. The second-order valence-electron chi connectivity index (χ2n) is 4.72. The van der Waals surface area contributed by atoms with Gasteiger partial charge in [0.2, 0.25) is 5.91 Å². The third-order valence-corrected chi connectivity index (χ3v) is 2.75. The summed E-state index contributed by atoms with van der Waals surface area (Å²) in [5.74, 6) is 0.0660. The standard InChI is InChI=1S/C14H22N2O/c1-10-5-4-6-13(9-10)12(3)16-14(17)8-7-11(2)15/h4-6,9,11-12H,7-8,15H2,1-3H3,(H,16,17)/t11?,12-/m0/s1. The van der Waals surface area contributed by atoms with Crippen LogP contribution < -0.4 is 11.1 Å². The third kappa shape index (κ3) is 5.00. The molecular weight excluding hydrogens is 212 g/mol. The van der Waals surface area contributed by atoms with Gasteiger partial charge in [-0.1, -0.05) is 29.8 Å². The van der Waals surface area contributed by atoms with E-state index in [0.29, 0.717) is 6.42 Å². The summed E-state index contributed by atoms with van der Waals surface area (Å²) < 4.78 is 0. The highest BCUT2D eigenvalue weighted by Crippen LogP contribution is 2.13. The normalized spacial score (nSPS) is 14.1. The summed E-state index contributed by atoms with van der Waals surface area (Å²) in [6.07, 6.45) is 1.22. The number of aryl methyl sites for hydroxylation is 1. The molecule has 1 aromatic rings. The van der Waals surface area contributed by atoms with Gasteiger partial charge in [-0.25, -0.2) is 0 Å². The lowest BCUT2D eigenvalue weighted by molar-refractivity contribution is -0.121. The van der Waals surface area contributed by atoms with E-state index in [4.69, 9.17) is 5.73 Å². The van der Waals surface area contributed by atoms with E-state index >= 15 is 0 Å². The maximum Gasteiger partial charge on any atom is 0.220 e. The molecule has 3 heteroatoms. The van der Waals surface area contributed by atoms with Gasteiger partial charge >= 0.3 is 0 Å². The highest BCUT2D eigenvalue weighted by Gasteiger charge is 2.09. The van der Waals surface area contributed by atoms with Gasteiger partial charge in [-0.3, -0.25) is 4.79 Å². The van der Waals surface area contributed by atoms with Crippen LogP contribution in [0, 0.1) is 6.92 Å². The summed E-state index contributed by atoms with van der Waals surface area (Å²) in [7, 11) is 0. The molecule has 1 unspecified atom stereocenters. The number of hydrogen-bond acceptors (Lipinski definition) is 2. The van der Waals surface area contributed by atoms with Crippen LogP contribution in [0.4, 0.5) is 0 Å². The average molecular weight is 234 g/mol. The predicted molar refractivity (Wildman–Crippen MR) is 70.6 cm³/mol. The second-order valence-corrected chi connectivity index (χ2v) is 4.72. The average Bonchev–Trinajstić information content (AvgIpc) is 2.26. The number of nitrogens with one attached hydrogen (secondary N) is 1. The zero-order valence-corrected chi connectivity index (χ0v) is 10.9. The van der Waals surface area contributed by atoms with Crippen molar-refractivity contribution in [3.05, 3.63) is 35.4 Å². The summed E-state index contributed by atoms with van der Waals surface area (Å²) in [6.45, 7) is 5.96. The van der Waals surface area contributed by atoms with Crippen LogP contribution in [0.15, 0.2) is 24.3 Å². The van der Waals surface area contributed by atoms with Gasteiger partial charge in [0.15, 0.2) is 0 Å². The van der Waals surface area contributed by atoms with Gasteiger partial charge in [0.1, 0.15) is 0 Å². The Hall–Kier alpha value is -1.35. The number of amides is 1. The van der Waals surface area contributed by atoms with Crippen molar-refractivity contribution in [3.8, 4) is 0 Å². The molecule has 0 aromatic heterocycles. The van der Waals surface area contributed by atoms with Crippen LogP contribution in [0.1, 0.15) is 43.9 Å². The number of hydrogen-bond donors (Lipinski definition) is 2. The second kappa shape index (κ2) is 6.40. The van der Waals surface area contributed by atoms with E-state index in [1.165, 1.54) is 5.56 Å². The first-order valence-electron chi connectivity index (χ1n) is 6.10. The molecule has 94 valence electrons. The smallest absolute Gasteiger partial charge is 0.220 e. The fourth-order valence-electron chi connectivity index (χ4n) is 1.70. The molecular formula is C14H22N2O. The molecule has 2 atom stereocenters. The van der Waals surface area contributed by atoms with E-state index in [2.05, 4.69) is 11.4 Å². The van der Waals surface area contributed by atoms with E-state index in [1.54, 1.807) is 0 Å². The van der Waals surface area contributed by atoms with Gasteiger partial charge in [-0.2, -0.15) is 0 Å². The molecule has 0 aliphatic carbocycles. The Morgan fingerprint density at radius 3 is 2.71 bits per heavy atom. The molecule has 1 rings (SSSR count). The molecule has 0 saturated carbocycles. The van der Waals surface area contributed by atoms with E-state index in [1.807, 2.05) is 39.0 Å². The van der Waals surface area contributed by atoms with Crippen LogP contribution in [-0.4, -0.2) is 11.9 Å². The Kier molecular flexibility index (Phi) is 5.16. The molecule has 0 fully saturated rings. The van der Waals surface area contributed by atoms with Gasteiger partial charge in [-0.15, -0.1) is 0 Å². The minimum absolute atomic E-state index is 0.0514. The molecule has 0 aliphatic rings. The summed E-state index contributed by atoms with van der Waals surface area (Å²) in [6, 6.07) is 8.31. The van der Waals surface area contributed by atoms with Crippen molar-refractivity contribution < 1.29 is 4.79 Å². The van der Waals surface area contributed by atoms with Crippen molar-refractivity contribution in [2.24, 2.45) is 5.73 Å². The van der Waals surface area contributed by atoms with Crippen LogP contribution in [0.3, 0.4) is 0 Å². The fourth-order valence-corrected chi connectivity index (χ4v) is 1.70. The minimum Gasteiger partial charge on any atom is -0.350 e. The molecule has 0 saturated heterocycles. The summed E-state index contributed by atoms with van der Waals surface area (Å²) >= 11 is 0. The Bertz CT molecular complexity index is 374. The van der Waals surface area contributed by atoms with Crippen molar-refractivity contribution in [1.29, 1.82) is 0 Å². The quantitative estimate of drug-likeness (QED) is 0.821. The van der Waals surface area contributed by atoms with Gasteiger partial charge in [0.05, 0.1) is 6.04 Å². The molecule has 0 radical (unpaired) electrons. The number of nitrogens with two attached hydrogens (primary N) is 1. The van der Waals surface area contributed by atoms with E-state index in [0.717, 1.165) is 12.0 Å². The van der Waals surface area contributed by atoms with Crippen molar-refractivity contribution >= 4 is 5.91 Å². The molecule has 0 spiro atoms.